The Kier molecular flexibility index (Phi) is 8.33. The molecule has 0 radical (unpaired) electrons. The van der Waals surface area contributed by atoms with Crippen molar-refractivity contribution in [3.63, 3.8) is 0 Å². The molecule has 2 N–H and O–H groups in total. The molecule has 1 aromatic carbocycles. The van der Waals surface area contributed by atoms with Gasteiger partial charge < -0.3 is 14.8 Å². The van der Waals surface area contributed by atoms with Crippen LogP contribution in [0.1, 0.15) is 75.0 Å². The molecule has 0 bridgehead atoms. The molecule has 1 aliphatic rings. The molecule has 164 valence electrons. The zero-order valence-corrected chi connectivity index (χ0v) is 19.6. The molecule has 0 fully saturated rings. The van der Waals surface area contributed by atoms with Gasteiger partial charge in [0.2, 0.25) is 5.91 Å². The van der Waals surface area contributed by atoms with Gasteiger partial charge in [-0.2, -0.15) is 0 Å². The first-order valence-corrected chi connectivity index (χ1v) is 12.3. The Morgan fingerprint density at radius 1 is 1.30 bits per heavy atom. The van der Waals surface area contributed by atoms with E-state index in [0.29, 0.717) is 11.8 Å². The number of nitrogens with zero attached hydrogens (tertiary/aromatic N) is 3. The van der Waals surface area contributed by atoms with Gasteiger partial charge in [0.15, 0.2) is 11.0 Å². The van der Waals surface area contributed by atoms with Gasteiger partial charge in [0.25, 0.3) is 0 Å². The smallest absolute Gasteiger partial charge is 0.230 e. The van der Waals surface area contributed by atoms with Crippen molar-refractivity contribution in [1.29, 1.82) is 0 Å². The fourth-order valence-corrected chi connectivity index (χ4v) is 5.09. The van der Waals surface area contributed by atoms with Crippen molar-refractivity contribution in [3.05, 3.63) is 41.2 Å². The average Bonchev–Trinajstić information content (AvgIpc) is 3.13. The van der Waals surface area contributed by atoms with E-state index in [1.807, 2.05) is 0 Å². The van der Waals surface area contributed by atoms with Crippen LogP contribution in [0.5, 0.6) is 0 Å². The molecule has 7 heteroatoms. The number of nitrogens with one attached hydrogen (secondary N) is 2. The van der Waals surface area contributed by atoms with Crippen molar-refractivity contribution in [2.45, 2.75) is 76.2 Å². The van der Waals surface area contributed by atoms with Gasteiger partial charge in [-0.3, -0.25) is 4.79 Å². The average molecular weight is 431 g/mol. The molecule has 1 heterocycles. The molecule has 2 aromatic rings. The maximum Gasteiger partial charge on any atom is 0.230 e. The molecule has 3 rings (SSSR count). The number of carbonyl (C=O) groups is 1. The molecule has 1 aliphatic carbocycles. The summed E-state index contributed by atoms with van der Waals surface area (Å²) in [5.74, 6) is 1.47. The highest BCUT2D eigenvalue weighted by Gasteiger charge is 2.26. The van der Waals surface area contributed by atoms with Crippen LogP contribution in [-0.4, -0.2) is 40.5 Å². The quantitative estimate of drug-likeness (QED) is 0.569. The zero-order valence-electron chi connectivity index (χ0n) is 18.8. The molecular formula is C23H36N5OS+. The lowest BCUT2D eigenvalue weighted by atomic mass is 9.88. The summed E-state index contributed by atoms with van der Waals surface area (Å²) in [6.45, 7) is 5.29. The van der Waals surface area contributed by atoms with E-state index in [-0.39, 0.29) is 11.9 Å². The molecule has 1 aromatic heterocycles. The van der Waals surface area contributed by atoms with Crippen LogP contribution in [0.15, 0.2) is 29.4 Å². The number of unbranched alkanes of at least 4 members (excludes halogenated alkanes) is 1. The van der Waals surface area contributed by atoms with E-state index < -0.39 is 0 Å². The van der Waals surface area contributed by atoms with Crippen LogP contribution in [0.25, 0.3) is 0 Å². The number of thioether (sulfide) groups is 1. The summed E-state index contributed by atoms with van der Waals surface area (Å²) in [5.41, 5.74) is 2.64. The van der Waals surface area contributed by atoms with Crippen molar-refractivity contribution in [2.24, 2.45) is 0 Å². The van der Waals surface area contributed by atoms with Crippen LogP contribution >= 0.6 is 11.8 Å². The van der Waals surface area contributed by atoms with E-state index in [1.54, 1.807) is 0 Å². The molecule has 0 spiro atoms. The zero-order chi connectivity index (χ0) is 21.5. The number of hydrogen-bond acceptors (Lipinski definition) is 4. The molecular weight excluding hydrogens is 394 g/mol. The summed E-state index contributed by atoms with van der Waals surface area (Å²) in [6, 6.07) is 8.91. The number of benzene rings is 1. The summed E-state index contributed by atoms with van der Waals surface area (Å²) in [6.07, 6.45) is 6.45. The standard InChI is InChI=1S/C23H35N5OS/c1-5-7-15-28-22(20(6-2)27(3)4)25-26-23(28)30-16-21(29)24-19-14-10-12-17-11-8-9-13-18(17)19/h8-9,11,13,19-20H,5-7,10,12,14-16H2,1-4H3,(H,24,29)/p+1/t19-,20-/m0/s1. The lowest BCUT2D eigenvalue weighted by Gasteiger charge is -2.26. The van der Waals surface area contributed by atoms with Crippen LogP contribution in [0.2, 0.25) is 0 Å². The van der Waals surface area contributed by atoms with Gasteiger partial charge >= 0.3 is 0 Å². The van der Waals surface area contributed by atoms with E-state index in [2.05, 4.69) is 72.3 Å². The molecule has 0 saturated carbocycles. The maximum absolute atomic E-state index is 12.7. The third-order valence-electron chi connectivity index (χ3n) is 5.93. The second-order valence-corrected chi connectivity index (χ2v) is 9.33. The van der Waals surface area contributed by atoms with Crippen LogP contribution in [0.4, 0.5) is 0 Å². The number of amides is 1. The number of fused-ring (bicyclic) bond motifs is 1. The third-order valence-corrected chi connectivity index (χ3v) is 6.90. The normalized spacial score (nSPS) is 17.0. The molecule has 6 nitrogen and oxygen atoms in total. The Morgan fingerprint density at radius 3 is 2.83 bits per heavy atom. The van der Waals surface area contributed by atoms with Gasteiger partial charge in [-0.25, -0.2) is 0 Å². The van der Waals surface area contributed by atoms with Crippen molar-refractivity contribution < 1.29 is 9.69 Å². The lowest BCUT2D eigenvalue weighted by Crippen LogP contribution is -3.06. The van der Waals surface area contributed by atoms with E-state index in [1.165, 1.54) is 27.8 Å². The van der Waals surface area contributed by atoms with E-state index in [9.17, 15) is 4.79 Å². The monoisotopic (exact) mass is 430 g/mol. The summed E-state index contributed by atoms with van der Waals surface area (Å²) >= 11 is 1.50. The maximum atomic E-state index is 12.7. The predicted octanol–water partition coefficient (Wildman–Crippen LogP) is 2.96. The first kappa shape index (κ1) is 22.8. The predicted molar refractivity (Wildman–Crippen MR) is 122 cm³/mol. The fourth-order valence-electron chi connectivity index (χ4n) is 4.31. The Bertz CT molecular complexity index is 835. The first-order chi connectivity index (χ1) is 14.5. The van der Waals surface area contributed by atoms with Gasteiger partial charge in [-0.05, 0) is 36.8 Å². The molecule has 0 saturated heterocycles. The molecule has 2 atom stereocenters. The van der Waals surface area contributed by atoms with Crippen LogP contribution in [0, 0.1) is 0 Å². The number of aromatic nitrogens is 3. The summed E-state index contributed by atoms with van der Waals surface area (Å²) in [4.78, 5) is 14.1. The molecule has 0 unspecified atom stereocenters. The minimum absolute atomic E-state index is 0.0681. The van der Waals surface area contributed by atoms with Crippen molar-refractivity contribution in [3.8, 4) is 0 Å². The first-order valence-electron chi connectivity index (χ1n) is 11.3. The van der Waals surface area contributed by atoms with E-state index >= 15 is 0 Å². The number of hydrogen-bond donors (Lipinski definition) is 2. The third kappa shape index (κ3) is 5.43. The van der Waals surface area contributed by atoms with E-state index in [0.717, 1.165) is 56.1 Å². The lowest BCUT2D eigenvalue weighted by molar-refractivity contribution is -0.893. The summed E-state index contributed by atoms with van der Waals surface area (Å²) in [5, 5.41) is 13.1. The largest absolute Gasteiger partial charge is 0.349 e. The minimum atomic E-state index is 0.0681. The number of carbonyl (C=O) groups excluding carboxylic acids is 1. The van der Waals surface area contributed by atoms with Gasteiger partial charge in [-0.15, -0.1) is 10.2 Å². The molecule has 1 amide bonds. The number of rotatable bonds is 10. The van der Waals surface area contributed by atoms with Gasteiger partial charge in [0.1, 0.15) is 6.04 Å². The number of quaternary nitrogens is 1. The molecule has 0 aliphatic heterocycles. The van der Waals surface area contributed by atoms with Gasteiger partial charge in [-0.1, -0.05) is 56.3 Å². The van der Waals surface area contributed by atoms with Crippen molar-refractivity contribution in [1.82, 2.24) is 20.1 Å². The van der Waals surface area contributed by atoms with Crippen molar-refractivity contribution >= 4 is 17.7 Å². The van der Waals surface area contributed by atoms with Gasteiger partial charge in [0, 0.05) is 13.0 Å². The highest BCUT2D eigenvalue weighted by Crippen LogP contribution is 2.29. The fraction of sp³-hybridized carbons (Fsp3) is 0.609. The Hall–Kier alpha value is -1.86. The minimum Gasteiger partial charge on any atom is -0.349 e. The van der Waals surface area contributed by atoms with Crippen molar-refractivity contribution in [2.75, 3.05) is 19.8 Å². The number of aryl methyl sites for hydroxylation is 1. The SMILES string of the molecule is CCCCn1c(SCC(=O)N[C@H]2CCCc3ccccc32)nnc1[C@H](CC)[NH+](C)C. The highest BCUT2D eigenvalue weighted by molar-refractivity contribution is 7.99. The Balaban J connectivity index is 1.66. The van der Waals surface area contributed by atoms with Gasteiger partial charge in [0.05, 0.1) is 25.9 Å². The second kappa shape index (κ2) is 11.0. The molecule has 30 heavy (non-hydrogen) atoms. The topological polar surface area (TPSA) is 64.2 Å². The Morgan fingerprint density at radius 2 is 2.10 bits per heavy atom. The van der Waals surface area contributed by atoms with Crippen LogP contribution in [0.3, 0.4) is 0 Å². The summed E-state index contributed by atoms with van der Waals surface area (Å²) in [7, 11) is 4.32. The Labute approximate surface area is 184 Å². The summed E-state index contributed by atoms with van der Waals surface area (Å²) < 4.78 is 2.23. The highest BCUT2D eigenvalue weighted by atomic mass is 32.2. The van der Waals surface area contributed by atoms with Crippen LogP contribution in [-0.2, 0) is 17.8 Å². The van der Waals surface area contributed by atoms with E-state index in [4.69, 9.17) is 0 Å². The second-order valence-electron chi connectivity index (χ2n) is 8.38. The van der Waals surface area contributed by atoms with Crippen LogP contribution < -0.4 is 10.2 Å².